The van der Waals surface area contributed by atoms with Gasteiger partial charge in [0.25, 0.3) is 0 Å². The number of nitrogens with zero attached hydrogens (tertiary/aromatic N) is 3. The van der Waals surface area contributed by atoms with Gasteiger partial charge in [-0.1, -0.05) is 43.6 Å². The second-order valence-electron chi connectivity index (χ2n) is 8.60. The van der Waals surface area contributed by atoms with Crippen molar-refractivity contribution >= 4 is 32.7 Å². The van der Waals surface area contributed by atoms with Crippen molar-refractivity contribution in [2.75, 3.05) is 0 Å². The van der Waals surface area contributed by atoms with Crippen LogP contribution in [0.3, 0.4) is 0 Å². The number of fused-ring (bicyclic) bond motifs is 4. The Hall–Kier alpha value is -3.69. The van der Waals surface area contributed by atoms with Crippen LogP contribution in [0.15, 0.2) is 79.0 Å². The van der Waals surface area contributed by atoms with Gasteiger partial charge >= 0.3 is 0 Å². The van der Waals surface area contributed by atoms with Gasteiger partial charge in [0.1, 0.15) is 17.1 Å². The van der Waals surface area contributed by atoms with Gasteiger partial charge in [-0.15, -0.1) is 17.5 Å². The largest absolute Gasteiger partial charge is 0.506 e. The minimum absolute atomic E-state index is 0. The Morgan fingerprint density at radius 2 is 1.72 bits per heavy atom. The maximum atomic E-state index is 10.2. The van der Waals surface area contributed by atoms with E-state index in [0.717, 1.165) is 40.5 Å². The van der Waals surface area contributed by atoms with E-state index in [1.54, 1.807) is 18.2 Å². The first-order valence-electron chi connectivity index (χ1n) is 11.9. The van der Waals surface area contributed by atoms with E-state index < -0.39 is 0 Å². The van der Waals surface area contributed by atoms with Crippen LogP contribution in [0.25, 0.3) is 38.5 Å². The van der Waals surface area contributed by atoms with Crippen molar-refractivity contribution in [1.82, 2.24) is 14.5 Å². The summed E-state index contributed by atoms with van der Waals surface area (Å²) < 4.78 is 8.26. The van der Waals surface area contributed by atoms with Gasteiger partial charge in [0.2, 0.25) is 5.88 Å². The Balaban J connectivity index is 0.00000267. The zero-order valence-corrected chi connectivity index (χ0v) is 22.2. The normalized spacial score (nSPS) is 11.2. The summed E-state index contributed by atoms with van der Waals surface area (Å²) in [4.78, 5) is 9.20. The molecule has 3 heterocycles. The predicted octanol–water partition coefficient (Wildman–Crippen LogP) is 7.15. The smallest absolute Gasteiger partial charge is 0.217 e. The van der Waals surface area contributed by atoms with Crippen molar-refractivity contribution in [3.63, 3.8) is 0 Å². The van der Waals surface area contributed by atoms with Gasteiger partial charge in [-0.2, -0.15) is 6.07 Å². The molecule has 0 aliphatic carbocycles. The molecule has 6 rings (SSSR count). The average Bonchev–Trinajstić information content (AvgIpc) is 3.22. The third-order valence-electron chi connectivity index (χ3n) is 6.46. The number of para-hydroxylation sites is 1. The molecule has 182 valence electrons. The number of pyridine rings is 2. The van der Waals surface area contributed by atoms with Crippen LogP contribution in [0, 0.1) is 6.07 Å². The summed E-state index contributed by atoms with van der Waals surface area (Å²) in [7, 11) is 0. The van der Waals surface area contributed by atoms with Crippen molar-refractivity contribution < 1.29 is 30.9 Å². The zero-order chi connectivity index (χ0) is 23.9. The number of ether oxygens (including phenoxy) is 1. The molecule has 5 nitrogen and oxygen atoms in total. The van der Waals surface area contributed by atoms with Crippen LogP contribution >= 0.6 is 0 Å². The average molecular weight is 654 g/mol. The van der Waals surface area contributed by atoms with Gasteiger partial charge in [-0.25, -0.2) is 9.97 Å². The third kappa shape index (κ3) is 4.14. The summed E-state index contributed by atoms with van der Waals surface area (Å²) in [6, 6.07) is 27.2. The summed E-state index contributed by atoms with van der Waals surface area (Å²) >= 11 is 0. The second kappa shape index (κ2) is 9.75. The van der Waals surface area contributed by atoms with Crippen LogP contribution < -0.4 is 4.74 Å². The van der Waals surface area contributed by atoms with Crippen LogP contribution in [0.5, 0.6) is 17.4 Å². The maximum Gasteiger partial charge on any atom is 0.217 e. The van der Waals surface area contributed by atoms with Crippen LogP contribution in [0.4, 0.5) is 0 Å². The summed E-state index contributed by atoms with van der Waals surface area (Å²) in [6.45, 7) is 4.31. The Morgan fingerprint density at radius 3 is 2.56 bits per heavy atom. The van der Waals surface area contributed by atoms with Crippen molar-refractivity contribution in [3.8, 4) is 23.2 Å². The molecule has 0 aliphatic heterocycles. The fourth-order valence-corrected chi connectivity index (χ4v) is 4.57. The number of hydrogen-bond acceptors (Lipinski definition) is 4. The molecule has 0 unspecified atom stereocenters. The molecule has 36 heavy (non-hydrogen) atoms. The first-order chi connectivity index (χ1) is 17.1. The summed E-state index contributed by atoms with van der Waals surface area (Å²) in [6.07, 6.45) is 3.76. The van der Waals surface area contributed by atoms with E-state index in [1.807, 2.05) is 30.5 Å². The molecule has 0 spiro atoms. The molecule has 3 aromatic carbocycles. The van der Waals surface area contributed by atoms with Crippen LogP contribution in [-0.4, -0.2) is 19.6 Å². The zero-order valence-electron chi connectivity index (χ0n) is 19.9. The fraction of sp³-hybridized carbons (Fsp3) is 0.133. The minimum atomic E-state index is 0. The quantitative estimate of drug-likeness (QED) is 0.201. The van der Waals surface area contributed by atoms with Crippen LogP contribution in [0.2, 0.25) is 0 Å². The minimum Gasteiger partial charge on any atom is -0.506 e. The van der Waals surface area contributed by atoms with E-state index in [4.69, 9.17) is 9.72 Å². The van der Waals surface area contributed by atoms with Gasteiger partial charge in [-0.05, 0) is 59.7 Å². The Bertz CT molecular complexity index is 1730. The number of aryl methyl sites for hydroxylation is 2. The molecule has 0 aliphatic rings. The number of aromatic nitrogens is 3. The molecule has 6 heteroatoms. The van der Waals surface area contributed by atoms with Gasteiger partial charge in [0.05, 0.1) is 0 Å². The van der Waals surface area contributed by atoms with E-state index in [0.29, 0.717) is 17.1 Å². The van der Waals surface area contributed by atoms with E-state index in [1.165, 1.54) is 16.5 Å². The van der Waals surface area contributed by atoms with Gasteiger partial charge in [0.15, 0.2) is 0 Å². The molecule has 0 radical (unpaired) electrons. The van der Waals surface area contributed by atoms with E-state index in [2.05, 4.69) is 59.8 Å². The first kappa shape index (κ1) is 24.0. The van der Waals surface area contributed by atoms with Gasteiger partial charge in [0, 0.05) is 50.0 Å². The molecule has 6 aromatic rings. The molecule has 0 saturated carbocycles. The Labute approximate surface area is 223 Å². The molecule has 0 atom stereocenters. The third-order valence-corrected chi connectivity index (χ3v) is 6.46. The first-order valence-corrected chi connectivity index (χ1v) is 11.9. The molecule has 3 aromatic heterocycles. The van der Waals surface area contributed by atoms with Crippen molar-refractivity contribution in [2.24, 2.45) is 0 Å². The topological polar surface area (TPSA) is 60.2 Å². The van der Waals surface area contributed by atoms with Gasteiger partial charge < -0.3 is 14.4 Å². The molecule has 0 fully saturated rings. The number of phenolic OH excluding ortho intramolecular Hbond substituents is 1. The van der Waals surface area contributed by atoms with E-state index in [-0.39, 0.29) is 26.8 Å². The molecule has 1 N–H and O–H groups in total. The van der Waals surface area contributed by atoms with Crippen molar-refractivity contribution in [1.29, 1.82) is 0 Å². The van der Waals surface area contributed by atoms with Gasteiger partial charge in [-0.3, -0.25) is 0 Å². The Kier molecular flexibility index (Phi) is 6.51. The van der Waals surface area contributed by atoms with Crippen molar-refractivity contribution in [3.05, 3.63) is 96.2 Å². The number of benzene rings is 3. The number of hydrogen-bond donors (Lipinski definition) is 1. The monoisotopic (exact) mass is 653 g/mol. The SMILES string of the molecule is CCc1ccnc(-n2c3[c-]c(Oc4ccc5cccc(O)c5n4)ccc3c3cc(CC)ccc32)c1.[Pt]. The molecular weight excluding hydrogens is 629 g/mol. The number of phenols is 1. The fourth-order valence-electron chi connectivity index (χ4n) is 4.57. The molecule has 0 saturated heterocycles. The standard InChI is InChI=1S/C30H24N3O2.Pt/c1-3-19-8-12-25-24(16-19)23-11-10-22(18-26(23)33(25)28-17-20(4-2)14-15-31-28)35-29-13-9-21-6-5-7-27(34)30(21)32-29;/h5-17,34H,3-4H2,1-2H3;/q-1;. The molecule has 0 bridgehead atoms. The predicted molar refractivity (Wildman–Crippen MR) is 140 cm³/mol. The van der Waals surface area contributed by atoms with Crippen molar-refractivity contribution in [2.45, 2.75) is 26.7 Å². The molecular formula is C30H24N3O2Pt-. The Morgan fingerprint density at radius 1 is 0.889 bits per heavy atom. The summed E-state index contributed by atoms with van der Waals surface area (Å²) in [5, 5.41) is 13.3. The van der Waals surface area contributed by atoms with E-state index >= 15 is 0 Å². The number of aromatic hydroxyl groups is 1. The van der Waals surface area contributed by atoms with Crippen LogP contribution in [0.1, 0.15) is 25.0 Å². The number of rotatable bonds is 5. The summed E-state index contributed by atoms with van der Waals surface area (Å²) in [5.41, 5.74) is 5.00. The maximum absolute atomic E-state index is 10.2. The van der Waals surface area contributed by atoms with E-state index in [9.17, 15) is 5.11 Å². The summed E-state index contributed by atoms with van der Waals surface area (Å²) in [5.74, 6) is 1.93. The second-order valence-corrected chi connectivity index (χ2v) is 8.60. The molecule has 0 amide bonds. The van der Waals surface area contributed by atoms with Crippen LogP contribution in [-0.2, 0) is 33.9 Å².